The van der Waals surface area contributed by atoms with Crippen LogP contribution in [0.1, 0.15) is 48.0 Å². The lowest BCUT2D eigenvalue weighted by Gasteiger charge is -2.20. The minimum absolute atomic E-state index is 0.0586. The highest BCUT2D eigenvalue weighted by Gasteiger charge is 2.17. The average molecular weight is 486 g/mol. The van der Waals surface area contributed by atoms with Gasteiger partial charge in [-0.25, -0.2) is 0 Å². The van der Waals surface area contributed by atoms with Crippen LogP contribution in [-0.4, -0.2) is 43.0 Å². The third-order valence-electron chi connectivity index (χ3n) is 6.33. The molecule has 3 aromatic rings. The maximum atomic E-state index is 12.9. The Morgan fingerprint density at radius 1 is 0.833 bits per heavy atom. The van der Waals surface area contributed by atoms with Crippen LogP contribution in [0, 0.1) is 0 Å². The molecule has 0 radical (unpaired) electrons. The van der Waals surface area contributed by atoms with Gasteiger partial charge in [0.25, 0.3) is 5.91 Å². The highest BCUT2D eigenvalue weighted by atomic mass is 16.5. The van der Waals surface area contributed by atoms with Gasteiger partial charge in [-0.2, -0.15) is 0 Å². The predicted molar refractivity (Wildman–Crippen MR) is 145 cm³/mol. The van der Waals surface area contributed by atoms with Gasteiger partial charge < -0.3 is 20.3 Å². The Kier molecular flexibility index (Phi) is 9.37. The van der Waals surface area contributed by atoms with E-state index in [0.29, 0.717) is 23.6 Å². The fraction of sp³-hybridized carbons (Fsp3) is 0.333. The van der Waals surface area contributed by atoms with E-state index >= 15 is 0 Å². The maximum absolute atomic E-state index is 12.9. The number of para-hydroxylation sites is 2. The molecule has 0 aromatic heterocycles. The lowest BCUT2D eigenvalue weighted by molar-refractivity contribution is -0.114. The van der Waals surface area contributed by atoms with Crippen molar-refractivity contribution in [3.05, 3.63) is 90.0 Å². The van der Waals surface area contributed by atoms with E-state index in [9.17, 15) is 9.59 Å². The van der Waals surface area contributed by atoms with Gasteiger partial charge in [0.2, 0.25) is 5.91 Å². The Morgan fingerprint density at radius 3 is 2.39 bits per heavy atom. The molecule has 6 nitrogen and oxygen atoms in total. The quantitative estimate of drug-likeness (QED) is 0.358. The zero-order valence-corrected chi connectivity index (χ0v) is 20.7. The average Bonchev–Trinajstić information content (AvgIpc) is 3.21. The molecule has 3 aromatic carbocycles. The fourth-order valence-corrected chi connectivity index (χ4v) is 4.39. The van der Waals surface area contributed by atoms with Gasteiger partial charge in [-0.3, -0.25) is 9.59 Å². The van der Waals surface area contributed by atoms with E-state index in [0.717, 1.165) is 44.5 Å². The summed E-state index contributed by atoms with van der Waals surface area (Å²) in [5.41, 5.74) is 3.33. The number of hydrogen-bond acceptors (Lipinski definition) is 4. The second kappa shape index (κ2) is 13.3. The first-order valence-corrected chi connectivity index (χ1v) is 12.9. The largest absolute Gasteiger partial charge is 0.491 e. The highest BCUT2D eigenvalue weighted by Crippen LogP contribution is 2.24. The molecule has 0 saturated carbocycles. The number of likely N-dealkylation sites (tertiary alicyclic amines) is 1. The minimum atomic E-state index is -0.181. The molecule has 0 aliphatic carbocycles. The summed E-state index contributed by atoms with van der Waals surface area (Å²) >= 11 is 0. The number of amides is 2. The van der Waals surface area contributed by atoms with Crippen LogP contribution in [0.4, 0.5) is 11.4 Å². The first kappa shape index (κ1) is 25.3. The van der Waals surface area contributed by atoms with Crippen molar-refractivity contribution in [3.63, 3.8) is 0 Å². The first-order valence-electron chi connectivity index (χ1n) is 12.9. The second-order valence-electron chi connectivity index (χ2n) is 9.12. The summed E-state index contributed by atoms with van der Waals surface area (Å²) in [7, 11) is 0. The van der Waals surface area contributed by atoms with Gasteiger partial charge in [-0.1, -0.05) is 61.4 Å². The predicted octanol–water partition coefficient (Wildman–Crippen LogP) is 5.77. The van der Waals surface area contributed by atoms with Crippen LogP contribution in [0.15, 0.2) is 78.9 Å². The molecular weight excluding hydrogens is 450 g/mol. The van der Waals surface area contributed by atoms with Crippen molar-refractivity contribution < 1.29 is 14.3 Å². The van der Waals surface area contributed by atoms with Crippen molar-refractivity contribution in [1.29, 1.82) is 0 Å². The topological polar surface area (TPSA) is 70.7 Å². The number of carbonyl (C=O) groups excluding carboxylic acids is 2. The van der Waals surface area contributed by atoms with Crippen LogP contribution in [-0.2, 0) is 11.2 Å². The third-order valence-corrected chi connectivity index (χ3v) is 6.33. The third kappa shape index (κ3) is 7.60. The van der Waals surface area contributed by atoms with Crippen LogP contribution >= 0.6 is 0 Å². The lowest BCUT2D eigenvalue weighted by Crippen LogP contribution is -2.31. The monoisotopic (exact) mass is 485 g/mol. The summed E-state index contributed by atoms with van der Waals surface area (Å²) in [5.74, 6) is 0.534. The normalized spacial score (nSPS) is 13.5. The Balaban J connectivity index is 1.26. The van der Waals surface area contributed by atoms with Gasteiger partial charge in [0, 0.05) is 24.3 Å². The number of benzene rings is 3. The molecule has 0 spiro atoms. The van der Waals surface area contributed by atoms with E-state index in [1.165, 1.54) is 18.4 Å². The number of carbonyl (C=O) groups is 2. The summed E-state index contributed by atoms with van der Waals surface area (Å²) in [6.45, 7) is 2.28. The van der Waals surface area contributed by atoms with Gasteiger partial charge in [0.05, 0.1) is 18.8 Å². The molecule has 36 heavy (non-hydrogen) atoms. The van der Waals surface area contributed by atoms with Gasteiger partial charge in [0.15, 0.2) is 0 Å². The lowest BCUT2D eigenvalue weighted by atomic mass is 10.1. The molecule has 1 heterocycles. The molecule has 0 atom stereocenters. The van der Waals surface area contributed by atoms with Gasteiger partial charge in [-0.05, 0) is 61.6 Å². The summed E-state index contributed by atoms with van der Waals surface area (Å²) < 4.78 is 5.95. The van der Waals surface area contributed by atoms with Gasteiger partial charge >= 0.3 is 0 Å². The standard InChI is InChI=1S/C30H35N3O3/c34-29(23-31-26-16-10-15-25(22-26)30(35)33-19-8-1-2-9-20-33)32-27-17-6-7-18-28(27)36-21-11-14-24-12-4-3-5-13-24/h3-7,10,12-13,15-18,22,31H,1-2,8-9,11,14,19-21,23H2,(H,32,34). The summed E-state index contributed by atoms with van der Waals surface area (Å²) in [6.07, 6.45) is 6.31. The number of anilines is 2. The van der Waals surface area contributed by atoms with Gasteiger partial charge in [-0.15, -0.1) is 0 Å². The molecule has 2 amide bonds. The molecule has 0 unspecified atom stereocenters. The molecule has 1 aliphatic heterocycles. The number of nitrogens with one attached hydrogen (secondary N) is 2. The smallest absolute Gasteiger partial charge is 0.253 e. The van der Waals surface area contributed by atoms with Crippen LogP contribution in [0.25, 0.3) is 0 Å². The molecule has 188 valence electrons. The maximum Gasteiger partial charge on any atom is 0.253 e. The number of rotatable bonds is 10. The van der Waals surface area contributed by atoms with Crippen LogP contribution < -0.4 is 15.4 Å². The van der Waals surface area contributed by atoms with Gasteiger partial charge in [0.1, 0.15) is 5.75 Å². The minimum Gasteiger partial charge on any atom is -0.491 e. The molecule has 2 N–H and O–H groups in total. The van der Waals surface area contributed by atoms with Crippen molar-refractivity contribution in [2.24, 2.45) is 0 Å². The first-order chi connectivity index (χ1) is 17.7. The van der Waals surface area contributed by atoms with E-state index < -0.39 is 0 Å². The summed E-state index contributed by atoms with van der Waals surface area (Å²) in [5, 5.41) is 6.08. The number of ether oxygens (including phenoxy) is 1. The number of nitrogens with zero attached hydrogens (tertiary/aromatic N) is 1. The molecular formula is C30H35N3O3. The van der Waals surface area contributed by atoms with E-state index in [1.54, 1.807) is 0 Å². The van der Waals surface area contributed by atoms with Crippen molar-refractivity contribution in [1.82, 2.24) is 4.90 Å². The van der Waals surface area contributed by atoms with Crippen molar-refractivity contribution in [2.75, 3.05) is 36.9 Å². The molecule has 1 aliphatic rings. The summed E-state index contributed by atoms with van der Waals surface area (Å²) in [4.78, 5) is 27.5. The van der Waals surface area contributed by atoms with Crippen molar-refractivity contribution >= 4 is 23.2 Å². The summed E-state index contributed by atoms with van der Waals surface area (Å²) in [6, 6.07) is 25.2. The van der Waals surface area contributed by atoms with Crippen LogP contribution in [0.5, 0.6) is 5.75 Å². The molecule has 6 heteroatoms. The van der Waals surface area contributed by atoms with Crippen molar-refractivity contribution in [2.45, 2.75) is 38.5 Å². The Hall–Kier alpha value is -3.80. The molecule has 0 bridgehead atoms. The SMILES string of the molecule is O=C(CNc1cccc(C(=O)N2CCCCCC2)c1)Nc1ccccc1OCCCc1ccccc1. The zero-order valence-electron chi connectivity index (χ0n) is 20.7. The molecule has 1 saturated heterocycles. The Labute approximate surface area is 213 Å². The zero-order chi connectivity index (χ0) is 25.0. The van der Waals surface area contributed by atoms with E-state index in [1.807, 2.05) is 71.6 Å². The highest BCUT2D eigenvalue weighted by molar-refractivity contribution is 5.96. The van der Waals surface area contributed by atoms with E-state index in [2.05, 4.69) is 22.8 Å². The molecule has 1 fully saturated rings. The second-order valence-corrected chi connectivity index (χ2v) is 9.12. The van der Waals surface area contributed by atoms with Crippen molar-refractivity contribution in [3.8, 4) is 5.75 Å². The number of aryl methyl sites for hydroxylation is 1. The van der Waals surface area contributed by atoms with Crippen LogP contribution in [0.3, 0.4) is 0 Å². The Morgan fingerprint density at radius 2 is 1.58 bits per heavy atom. The fourth-order valence-electron chi connectivity index (χ4n) is 4.39. The van der Waals surface area contributed by atoms with Crippen LogP contribution in [0.2, 0.25) is 0 Å². The van der Waals surface area contributed by atoms with E-state index in [-0.39, 0.29) is 18.4 Å². The van der Waals surface area contributed by atoms with E-state index in [4.69, 9.17) is 4.74 Å². The Bertz CT molecular complexity index is 1130. The molecule has 4 rings (SSSR count). The number of hydrogen-bond donors (Lipinski definition) is 2.